The summed E-state index contributed by atoms with van der Waals surface area (Å²) in [7, 11) is 4.05. The van der Waals surface area contributed by atoms with Crippen LogP contribution < -0.4 is 11.1 Å². The van der Waals surface area contributed by atoms with E-state index in [9.17, 15) is 4.79 Å². The molecule has 1 fully saturated rings. The van der Waals surface area contributed by atoms with E-state index in [0.29, 0.717) is 12.5 Å². The highest BCUT2D eigenvalue weighted by atomic mass is 16.2. The lowest BCUT2D eigenvalue weighted by molar-refractivity contribution is -0.127. The molecule has 0 aliphatic heterocycles. The predicted octanol–water partition coefficient (Wildman–Crippen LogP) is 0.428. The van der Waals surface area contributed by atoms with Crippen molar-refractivity contribution in [1.82, 2.24) is 10.2 Å². The molecule has 1 atom stereocenters. The Labute approximate surface area is 98.6 Å². The third-order valence-corrected chi connectivity index (χ3v) is 3.41. The van der Waals surface area contributed by atoms with Crippen molar-refractivity contribution in [2.24, 2.45) is 17.1 Å². The lowest BCUT2D eigenvalue weighted by atomic mass is 10.0. The maximum Gasteiger partial charge on any atom is 0.227 e. The number of nitrogens with two attached hydrogens (primary N) is 1. The first kappa shape index (κ1) is 13.5. The van der Waals surface area contributed by atoms with Gasteiger partial charge >= 0.3 is 0 Å². The zero-order chi connectivity index (χ0) is 12.3. The second-order valence-electron chi connectivity index (χ2n) is 5.57. The summed E-state index contributed by atoms with van der Waals surface area (Å²) in [5, 5.41) is 3.14. The van der Waals surface area contributed by atoms with Crippen molar-refractivity contribution >= 4 is 5.91 Å². The molecule has 94 valence electrons. The van der Waals surface area contributed by atoms with Crippen molar-refractivity contribution < 1.29 is 4.79 Å². The summed E-state index contributed by atoms with van der Waals surface area (Å²) in [6.45, 7) is 5.63. The van der Waals surface area contributed by atoms with Crippen LogP contribution >= 0.6 is 0 Å². The minimum atomic E-state index is -0.237. The molecular weight excluding hydrogens is 202 g/mol. The molecule has 0 radical (unpaired) electrons. The first-order chi connectivity index (χ1) is 7.41. The van der Waals surface area contributed by atoms with Crippen molar-refractivity contribution in [2.45, 2.75) is 32.7 Å². The van der Waals surface area contributed by atoms with Gasteiger partial charge in [0.05, 0.1) is 5.41 Å². The van der Waals surface area contributed by atoms with Gasteiger partial charge in [0.25, 0.3) is 0 Å². The molecule has 0 bridgehead atoms. The van der Waals surface area contributed by atoms with Gasteiger partial charge in [-0.1, -0.05) is 13.8 Å². The highest BCUT2D eigenvalue weighted by molar-refractivity contribution is 5.85. The molecule has 0 saturated heterocycles. The molecule has 0 heterocycles. The standard InChI is InChI=1S/C12H25N3O/c1-9(2)10(7-15(3)4)14-11(16)12(8-13)5-6-12/h9-10H,5-8,13H2,1-4H3,(H,14,16). The Bertz CT molecular complexity index is 247. The lowest BCUT2D eigenvalue weighted by Crippen LogP contribution is -2.48. The summed E-state index contributed by atoms with van der Waals surface area (Å²) in [6, 6.07) is 0.214. The number of carbonyl (C=O) groups excluding carboxylic acids is 1. The second kappa shape index (κ2) is 5.15. The molecule has 1 saturated carbocycles. The molecule has 4 heteroatoms. The molecule has 4 nitrogen and oxygen atoms in total. The lowest BCUT2D eigenvalue weighted by Gasteiger charge is -2.27. The molecule has 0 aromatic rings. The fourth-order valence-corrected chi connectivity index (χ4v) is 1.81. The first-order valence-corrected chi connectivity index (χ1v) is 6.07. The van der Waals surface area contributed by atoms with Crippen molar-refractivity contribution in [2.75, 3.05) is 27.2 Å². The second-order valence-corrected chi connectivity index (χ2v) is 5.57. The first-order valence-electron chi connectivity index (χ1n) is 6.07. The van der Waals surface area contributed by atoms with Gasteiger partial charge in [-0.15, -0.1) is 0 Å². The monoisotopic (exact) mass is 227 g/mol. The molecule has 0 aromatic carbocycles. The number of likely N-dealkylation sites (N-methyl/N-ethyl adjacent to an activating group) is 1. The Morgan fingerprint density at radius 3 is 2.31 bits per heavy atom. The molecule has 1 aliphatic rings. The zero-order valence-electron chi connectivity index (χ0n) is 10.9. The van der Waals surface area contributed by atoms with Gasteiger partial charge in [0.15, 0.2) is 0 Å². The van der Waals surface area contributed by atoms with Crippen LogP contribution in [0.2, 0.25) is 0 Å². The van der Waals surface area contributed by atoms with E-state index in [0.717, 1.165) is 19.4 Å². The van der Waals surface area contributed by atoms with Crippen molar-refractivity contribution in [3.05, 3.63) is 0 Å². The van der Waals surface area contributed by atoms with Crippen molar-refractivity contribution in [3.8, 4) is 0 Å². The molecule has 1 unspecified atom stereocenters. The van der Waals surface area contributed by atoms with E-state index in [4.69, 9.17) is 5.73 Å². The van der Waals surface area contributed by atoms with Crippen LogP contribution in [0, 0.1) is 11.3 Å². The van der Waals surface area contributed by atoms with Crippen LogP contribution in [0.15, 0.2) is 0 Å². The Hall–Kier alpha value is -0.610. The van der Waals surface area contributed by atoms with Gasteiger partial charge in [0, 0.05) is 19.1 Å². The van der Waals surface area contributed by atoms with Crippen LogP contribution in [-0.2, 0) is 4.79 Å². The number of amides is 1. The van der Waals surface area contributed by atoms with E-state index in [1.165, 1.54) is 0 Å². The minimum Gasteiger partial charge on any atom is -0.351 e. The quantitative estimate of drug-likeness (QED) is 0.692. The van der Waals surface area contributed by atoms with E-state index < -0.39 is 0 Å². The number of nitrogens with one attached hydrogen (secondary N) is 1. The number of rotatable bonds is 6. The van der Waals surface area contributed by atoms with Crippen LogP contribution in [0.1, 0.15) is 26.7 Å². The van der Waals surface area contributed by atoms with Gasteiger partial charge in [-0.3, -0.25) is 4.79 Å². The highest BCUT2D eigenvalue weighted by Gasteiger charge is 2.49. The number of hydrogen-bond donors (Lipinski definition) is 2. The van der Waals surface area contributed by atoms with Crippen LogP contribution in [-0.4, -0.2) is 44.0 Å². The molecule has 0 spiro atoms. The van der Waals surface area contributed by atoms with Crippen molar-refractivity contribution in [1.29, 1.82) is 0 Å². The maximum absolute atomic E-state index is 12.0. The van der Waals surface area contributed by atoms with Crippen LogP contribution in [0.25, 0.3) is 0 Å². The van der Waals surface area contributed by atoms with E-state index in [1.54, 1.807) is 0 Å². The summed E-state index contributed by atoms with van der Waals surface area (Å²) >= 11 is 0. The third-order valence-electron chi connectivity index (χ3n) is 3.41. The topological polar surface area (TPSA) is 58.4 Å². The number of nitrogens with zero attached hydrogens (tertiary/aromatic N) is 1. The molecule has 1 amide bonds. The maximum atomic E-state index is 12.0. The number of carbonyl (C=O) groups is 1. The third kappa shape index (κ3) is 3.19. The largest absolute Gasteiger partial charge is 0.351 e. The van der Waals surface area contributed by atoms with Gasteiger partial charge in [-0.2, -0.15) is 0 Å². The molecule has 16 heavy (non-hydrogen) atoms. The van der Waals surface area contributed by atoms with Crippen molar-refractivity contribution in [3.63, 3.8) is 0 Å². The highest BCUT2D eigenvalue weighted by Crippen LogP contribution is 2.44. The van der Waals surface area contributed by atoms with Gasteiger partial charge in [0.1, 0.15) is 0 Å². The fourth-order valence-electron chi connectivity index (χ4n) is 1.81. The van der Waals surface area contributed by atoms with E-state index in [-0.39, 0.29) is 17.4 Å². The average Bonchev–Trinajstić information content (AvgIpc) is 2.96. The summed E-state index contributed by atoms with van der Waals surface area (Å²) in [4.78, 5) is 14.1. The average molecular weight is 227 g/mol. The number of hydrogen-bond acceptors (Lipinski definition) is 3. The van der Waals surface area contributed by atoms with Gasteiger partial charge in [-0.05, 0) is 32.9 Å². The summed E-state index contributed by atoms with van der Waals surface area (Å²) in [5.74, 6) is 0.593. The van der Waals surface area contributed by atoms with Gasteiger partial charge in [0.2, 0.25) is 5.91 Å². The van der Waals surface area contributed by atoms with Crippen LogP contribution in [0.4, 0.5) is 0 Å². The molecule has 1 aliphatic carbocycles. The minimum absolute atomic E-state index is 0.149. The fraction of sp³-hybridized carbons (Fsp3) is 0.917. The Morgan fingerprint density at radius 2 is 2.00 bits per heavy atom. The SMILES string of the molecule is CC(C)C(CN(C)C)NC(=O)C1(CN)CC1. The summed E-state index contributed by atoms with van der Waals surface area (Å²) in [5.41, 5.74) is 5.41. The predicted molar refractivity (Wildman–Crippen MR) is 66.0 cm³/mol. The molecule has 3 N–H and O–H groups in total. The van der Waals surface area contributed by atoms with E-state index in [2.05, 4.69) is 24.1 Å². The van der Waals surface area contributed by atoms with Gasteiger partial charge < -0.3 is 16.0 Å². The summed E-state index contributed by atoms with van der Waals surface area (Å²) < 4.78 is 0. The zero-order valence-corrected chi connectivity index (χ0v) is 10.9. The smallest absolute Gasteiger partial charge is 0.227 e. The Morgan fingerprint density at radius 1 is 1.44 bits per heavy atom. The Balaban J connectivity index is 2.51. The molecule has 0 aromatic heterocycles. The van der Waals surface area contributed by atoms with Crippen LogP contribution in [0.3, 0.4) is 0 Å². The normalized spacial score (nSPS) is 19.9. The molecule has 1 rings (SSSR count). The molecular formula is C12H25N3O. The summed E-state index contributed by atoms with van der Waals surface area (Å²) in [6.07, 6.45) is 1.89. The van der Waals surface area contributed by atoms with E-state index in [1.807, 2.05) is 14.1 Å². The van der Waals surface area contributed by atoms with Crippen LogP contribution in [0.5, 0.6) is 0 Å². The van der Waals surface area contributed by atoms with E-state index >= 15 is 0 Å². The Kier molecular flexibility index (Phi) is 4.33. The van der Waals surface area contributed by atoms with Gasteiger partial charge in [-0.25, -0.2) is 0 Å².